The Labute approximate surface area is 424 Å². The maximum atomic E-state index is 14.0. The number of methoxy groups -OCH3 is 3. The molecule has 3 aliphatic heterocycles. The lowest BCUT2D eigenvalue weighted by Crippen LogP contribution is -2.76. The average Bonchev–Trinajstić information content (AvgIpc) is 3.52. The smallest absolute Gasteiger partial charge is 0.338 e. The Bertz CT molecular complexity index is 2040. The lowest BCUT2D eigenvalue weighted by atomic mass is 9.41. The standard InChI is InChI=1S/C54H82O18/c1-27(2)23-38(56)69-46-41(28(3)55)52(8)21-19-37-51(7)20-18-34(24-33(51)17-22-53(37,60)54(52,61)48(46)72-49(59)32-15-13-12-14-16-32)68-39-25-35(62-9)44(30(5)65-39)70-40-26-36(63-10)45(31(6)66-40)71-50-43(58)47(64-11)42(57)29(4)67-50/h12-16,27,29-31,33-37,39-48,50,57-58,60-61H,17-26H2,1-11H3/t29?,30?,31?,33?,34-,35+,36+,37?,39-,40-,41-,42+,43?,44+,45+,46-,47-,48+,50-,51-,52+,53-,54+/m0/s1. The van der Waals surface area contributed by atoms with Crippen molar-refractivity contribution in [1.29, 1.82) is 0 Å². The summed E-state index contributed by atoms with van der Waals surface area (Å²) < 4.78 is 68.1. The molecule has 72 heavy (non-hydrogen) atoms. The average molecular weight is 1020 g/mol. The molecule has 8 rings (SSSR count). The second kappa shape index (κ2) is 21.7. The molecule has 0 radical (unpaired) electrons. The third kappa shape index (κ3) is 9.85. The highest BCUT2D eigenvalue weighted by atomic mass is 16.8. The molecule has 1 aromatic rings. The number of benzene rings is 1. The Morgan fingerprint density at radius 1 is 0.708 bits per heavy atom. The van der Waals surface area contributed by atoms with Crippen LogP contribution in [0.15, 0.2) is 30.3 Å². The Hall–Kier alpha value is -2.69. The van der Waals surface area contributed by atoms with Gasteiger partial charge in [-0.15, -0.1) is 0 Å². The molecule has 0 spiro atoms. The summed E-state index contributed by atoms with van der Waals surface area (Å²) >= 11 is 0. The van der Waals surface area contributed by atoms with Gasteiger partial charge in [-0.2, -0.15) is 0 Å². The summed E-state index contributed by atoms with van der Waals surface area (Å²) in [6, 6.07) is 8.36. The zero-order chi connectivity index (χ0) is 52.2. The zero-order valence-corrected chi connectivity index (χ0v) is 44.0. The molecule has 0 bridgehead atoms. The predicted molar refractivity (Wildman–Crippen MR) is 256 cm³/mol. The summed E-state index contributed by atoms with van der Waals surface area (Å²) in [5.74, 6) is -3.07. The number of rotatable bonds is 15. The van der Waals surface area contributed by atoms with Crippen LogP contribution in [0, 0.1) is 34.5 Å². The first-order chi connectivity index (χ1) is 34.0. The number of ether oxygens (including phenoxy) is 11. The normalized spacial score (nSPS) is 47.2. The highest BCUT2D eigenvalue weighted by Crippen LogP contribution is 2.71. The van der Waals surface area contributed by atoms with Crippen molar-refractivity contribution >= 4 is 17.7 Å². The van der Waals surface area contributed by atoms with Gasteiger partial charge in [0.1, 0.15) is 47.5 Å². The second-order valence-electron chi connectivity index (χ2n) is 23.0. The number of fused-ring (bicyclic) bond motifs is 5. The Morgan fingerprint density at radius 2 is 1.33 bits per heavy atom. The van der Waals surface area contributed by atoms with E-state index >= 15 is 0 Å². The molecule has 4 saturated carbocycles. The largest absolute Gasteiger partial charge is 0.457 e. The van der Waals surface area contributed by atoms with Gasteiger partial charge in [0.25, 0.3) is 0 Å². The number of ketones is 1. The quantitative estimate of drug-likeness (QED) is 0.136. The number of carbonyl (C=O) groups is 3. The molecule has 0 amide bonds. The maximum Gasteiger partial charge on any atom is 0.338 e. The topological polar surface area (TPSA) is 234 Å². The SMILES string of the molecule is CO[C@@H]1C(O)[C@H](O[C@@H]2C(C)O[C@@H](O[C@@H]3C(C)O[C@@H](O[C@H]4CC[C@@]5(C)C(CC[C@]6(O)C5CC[C@]5(C)[C@@H](C(C)=O)[C@H](OC(=O)CC(C)C)[C@@H](OC(=O)c7ccccc7)[C@]65O)C4)C[C@H]3OC)C[C@H]2OC)OC(C)[C@H]1O. The molecule has 3 saturated heterocycles. The summed E-state index contributed by atoms with van der Waals surface area (Å²) in [6.45, 7) is 14.6. The number of hydrogen-bond acceptors (Lipinski definition) is 18. The lowest BCUT2D eigenvalue weighted by Gasteiger charge is -2.67. The molecule has 4 N–H and O–H groups in total. The van der Waals surface area contributed by atoms with Gasteiger partial charge in [-0.1, -0.05) is 45.9 Å². The Morgan fingerprint density at radius 3 is 1.93 bits per heavy atom. The predicted octanol–water partition coefficient (Wildman–Crippen LogP) is 4.80. The van der Waals surface area contributed by atoms with Crippen molar-refractivity contribution in [3.63, 3.8) is 0 Å². The van der Waals surface area contributed by atoms with E-state index in [0.717, 1.165) is 0 Å². The number of aliphatic hydroxyl groups excluding tert-OH is 2. The van der Waals surface area contributed by atoms with Crippen molar-refractivity contribution in [3.05, 3.63) is 35.9 Å². The molecule has 18 heteroatoms. The van der Waals surface area contributed by atoms with Crippen LogP contribution in [0.2, 0.25) is 0 Å². The van der Waals surface area contributed by atoms with E-state index in [1.54, 1.807) is 58.4 Å². The van der Waals surface area contributed by atoms with Crippen molar-refractivity contribution in [1.82, 2.24) is 0 Å². The minimum Gasteiger partial charge on any atom is -0.457 e. The van der Waals surface area contributed by atoms with Crippen LogP contribution >= 0.6 is 0 Å². The van der Waals surface area contributed by atoms with Crippen LogP contribution in [0.1, 0.15) is 130 Å². The number of carbonyl (C=O) groups excluding carboxylic acids is 3. The van der Waals surface area contributed by atoms with Gasteiger partial charge in [0.2, 0.25) is 0 Å². The first-order valence-electron chi connectivity index (χ1n) is 26.3. The van der Waals surface area contributed by atoms with Crippen molar-refractivity contribution in [2.24, 2.45) is 34.5 Å². The fourth-order valence-electron chi connectivity index (χ4n) is 14.6. The number of esters is 2. The monoisotopic (exact) mass is 1020 g/mol. The van der Waals surface area contributed by atoms with Crippen LogP contribution < -0.4 is 0 Å². The fraction of sp³-hybridized carbons (Fsp3) is 0.833. The van der Waals surface area contributed by atoms with Crippen molar-refractivity contribution in [2.45, 2.75) is 229 Å². The third-order valence-corrected chi connectivity index (χ3v) is 18.3. The van der Waals surface area contributed by atoms with Gasteiger partial charge < -0.3 is 72.5 Å². The summed E-state index contributed by atoms with van der Waals surface area (Å²) in [7, 11) is 4.63. The molecule has 406 valence electrons. The van der Waals surface area contributed by atoms with Gasteiger partial charge in [-0.05, 0) is 108 Å². The van der Waals surface area contributed by atoms with Crippen molar-refractivity contribution in [3.8, 4) is 0 Å². The van der Waals surface area contributed by atoms with Gasteiger partial charge in [0.05, 0.1) is 48.1 Å². The molecule has 7 fully saturated rings. The molecular weight excluding hydrogens is 937 g/mol. The van der Waals surface area contributed by atoms with Gasteiger partial charge in [0.15, 0.2) is 31.1 Å². The van der Waals surface area contributed by atoms with E-state index in [2.05, 4.69) is 6.92 Å². The molecule has 18 nitrogen and oxygen atoms in total. The van der Waals surface area contributed by atoms with Crippen molar-refractivity contribution < 1.29 is 86.9 Å². The molecule has 4 aliphatic carbocycles. The van der Waals surface area contributed by atoms with Crippen LogP contribution in [0.25, 0.3) is 0 Å². The van der Waals surface area contributed by atoms with E-state index in [1.165, 1.54) is 14.0 Å². The van der Waals surface area contributed by atoms with Crippen LogP contribution in [0.3, 0.4) is 0 Å². The molecule has 23 atom stereocenters. The highest BCUT2D eigenvalue weighted by Gasteiger charge is 2.82. The van der Waals surface area contributed by atoms with E-state index in [4.69, 9.17) is 52.1 Å². The molecule has 3 heterocycles. The van der Waals surface area contributed by atoms with Crippen molar-refractivity contribution in [2.75, 3.05) is 21.3 Å². The third-order valence-electron chi connectivity index (χ3n) is 18.3. The Kier molecular flexibility index (Phi) is 16.8. The van der Waals surface area contributed by atoms with Gasteiger partial charge in [-0.25, -0.2) is 4.79 Å². The van der Waals surface area contributed by atoms with E-state index < -0.39 is 138 Å². The number of Topliss-reactive ketones (excluding diaryl/α,β-unsaturated/α-hetero) is 1. The van der Waals surface area contributed by atoms with Crippen LogP contribution in [0.5, 0.6) is 0 Å². The number of aliphatic hydroxyl groups is 4. The molecule has 0 aromatic heterocycles. The summed E-state index contributed by atoms with van der Waals surface area (Å²) in [5.41, 5.74) is -5.50. The lowest BCUT2D eigenvalue weighted by molar-refractivity contribution is -0.352. The van der Waals surface area contributed by atoms with Gasteiger partial charge in [-0.3, -0.25) is 9.59 Å². The molecule has 1 aromatic carbocycles. The van der Waals surface area contributed by atoms with Gasteiger partial charge >= 0.3 is 11.9 Å². The minimum atomic E-state index is -2.15. The molecular formula is C54H82O18. The molecule has 6 unspecified atom stereocenters. The summed E-state index contributed by atoms with van der Waals surface area (Å²) in [5, 5.41) is 48.4. The second-order valence-corrected chi connectivity index (χ2v) is 23.0. The van der Waals surface area contributed by atoms with E-state index in [-0.39, 0.29) is 42.1 Å². The highest BCUT2D eigenvalue weighted by molar-refractivity contribution is 5.90. The van der Waals surface area contributed by atoms with Crippen LogP contribution in [0.4, 0.5) is 0 Å². The van der Waals surface area contributed by atoms with E-state index in [1.807, 2.05) is 27.7 Å². The van der Waals surface area contributed by atoms with Gasteiger partial charge in [0, 0.05) is 46.0 Å². The van der Waals surface area contributed by atoms with Crippen LogP contribution in [-0.4, -0.2) is 169 Å². The van der Waals surface area contributed by atoms with E-state index in [0.29, 0.717) is 51.4 Å². The first-order valence-corrected chi connectivity index (χ1v) is 26.3. The number of hydrogen-bond donors (Lipinski definition) is 4. The van der Waals surface area contributed by atoms with E-state index in [9.17, 15) is 34.8 Å². The summed E-state index contributed by atoms with van der Waals surface area (Å²) in [6.07, 6.45) is -7.94. The molecule has 7 aliphatic rings. The van der Waals surface area contributed by atoms with Crippen LogP contribution in [-0.2, 0) is 61.7 Å². The Balaban J connectivity index is 0.933. The maximum absolute atomic E-state index is 14.0. The minimum absolute atomic E-state index is 0.0514. The summed E-state index contributed by atoms with van der Waals surface area (Å²) in [4.78, 5) is 41.3. The zero-order valence-electron chi connectivity index (χ0n) is 44.0. The fourth-order valence-corrected chi connectivity index (χ4v) is 14.6. The first kappa shape index (κ1) is 55.5.